The Hall–Kier alpha value is -1.93. The molecule has 88 valence electrons. The molecule has 1 amide bonds. The van der Waals surface area contributed by atoms with E-state index in [9.17, 15) is 4.79 Å². The molecule has 5 heteroatoms. The van der Waals surface area contributed by atoms with Gasteiger partial charge < -0.3 is 10.2 Å². The molecule has 0 bridgehead atoms. The molecule has 1 aromatic carbocycles. The molecule has 0 saturated carbocycles. The molecular formula is C12H13N3OS. The van der Waals surface area contributed by atoms with Gasteiger partial charge in [0.15, 0.2) is 0 Å². The van der Waals surface area contributed by atoms with Gasteiger partial charge in [0.05, 0.1) is 5.03 Å². The Labute approximate surface area is 106 Å². The van der Waals surface area contributed by atoms with Crippen molar-refractivity contribution in [3.8, 4) is 6.07 Å². The Morgan fingerprint density at radius 3 is 2.41 bits per heavy atom. The third-order valence-electron chi connectivity index (χ3n) is 2.01. The summed E-state index contributed by atoms with van der Waals surface area (Å²) < 4.78 is 0. The van der Waals surface area contributed by atoms with E-state index in [1.165, 1.54) is 4.90 Å². The molecule has 0 aliphatic rings. The van der Waals surface area contributed by atoms with Gasteiger partial charge >= 0.3 is 0 Å². The second kappa shape index (κ2) is 5.97. The molecule has 1 N–H and O–H groups in total. The van der Waals surface area contributed by atoms with E-state index >= 15 is 0 Å². The van der Waals surface area contributed by atoms with Crippen LogP contribution in [-0.2, 0) is 4.79 Å². The maximum atomic E-state index is 11.7. The predicted octanol–water partition coefficient (Wildman–Crippen LogP) is 1.85. The molecule has 0 heterocycles. The summed E-state index contributed by atoms with van der Waals surface area (Å²) in [6.07, 6.45) is 0. The maximum absolute atomic E-state index is 11.7. The number of nitriles is 1. The van der Waals surface area contributed by atoms with Crippen LogP contribution in [0.25, 0.3) is 0 Å². The second-order valence-electron chi connectivity index (χ2n) is 3.53. The maximum Gasteiger partial charge on any atom is 0.266 e. The van der Waals surface area contributed by atoms with E-state index < -0.39 is 0 Å². The zero-order valence-electron chi connectivity index (χ0n) is 9.64. The molecule has 0 aromatic heterocycles. The minimum Gasteiger partial charge on any atom is -0.349 e. The molecule has 0 radical (unpaired) electrons. The Balaban J connectivity index is 2.96. The number of hydrogen-bond acceptors (Lipinski definition) is 4. The summed E-state index contributed by atoms with van der Waals surface area (Å²) in [5, 5.41) is 12.1. The molecule has 0 aliphatic carbocycles. The number of amides is 1. The van der Waals surface area contributed by atoms with Gasteiger partial charge in [-0.1, -0.05) is 18.2 Å². The molecule has 4 nitrogen and oxygen atoms in total. The number of anilines is 1. The first-order chi connectivity index (χ1) is 8.06. The van der Waals surface area contributed by atoms with Crippen LogP contribution in [-0.4, -0.2) is 24.9 Å². The summed E-state index contributed by atoms with van der Waals surface area (Å²) in [6.45, 7) is 0. The fraction of sp³-hybridized carbons (Fsp3) is 0.167. The molecule has 0 unspecified atom stereocenters. The number of carbonyl (C=O) groups is 1. The van der Waals surface area contributed by atoms with Crippen LogP contribution in [0.15, 0.2) is 40.9 Å². The summed E-state index contributed by atoms with van der Waals surface area (Å²) in [5.41, 5.74) is 0.763. The summed E-state index contributed by atoms with van der Waals surface area (Å²) in [4.78, 5) is 13.0. The molecule has 1 rings (SSSR count). The highest BCUT2D eigenvalue weighted by atomic mass is 32.1. The summed E-state index contributed by atoms with van der Waals surface area (Å²) >= 11 is 4.15. The number of carbonyl (C=O) groups excluding carboxylic acids is 1. The van der Waals surface area contributed by atoms with Gasteiger partial charge in [0, 0.05) is 19.8 Å². The number of nitrogens with zero attached hydrogens (tertiary/aromatic N) is 2. The first-order valence-corrected chi connectivity index (χ1v) is 5.38. The van der Waals surface area contributed by atoms with Crippen LogP contribution in [0.2, 0.25) is 0 Å². The van der Waals surface area contributed by atoms with Crippen molar-refractivity contribution in [1.82, 2.24) is 4.90 Å². The molecule has 0 aliphatic heterocycles. The van der Waals surface area contributed by atoms with Crippen molar-refractivity contribution in [3.05, 3.63) is 40.9 Å². The van der Waals surface area contributed by atoms with Crippen molar-refractivity contribution >= 4 is 24.2 Å². The average molecular weight is 247 g/mol. The lowest BCUT2D eigenvalue weighted by Crippen LogP contribution is -2.24. The Bertz CT molecular complexity index is 474. The topological polar surface area (TPSA) is 56.1 Å². The lowest BCUT2D eigenvalue weighted by atomic mass is 10.2. The number of para-hydroxylation sites is 1. The monoisotopic (exact) mass is 247 g/mol. The number of hydrogen-bond donors (Lipinski definition) is 2. The minimum absolute atomic E-state index is 0.0119. The van der Waals surface area contributed by atoms with Crippen molar-refractivity contribution in [1.29, 1.82) is 5.26 Å². The van der Waals surface area contributed by atoms with E-state index in [-0.39, 0.29) is 16.5 Å². The Kier molecular flexibility index (Phi) is 4.61. The van der Waals surface area contributed by atoms with E-state index in [0.717, 1.165) is 5.69 Å². The highest BCUT2D eigenvalue weighted by Gasteiger charge is 2.15. The highest BCUT2D eigenvalue weighted by molar-refractivity contribution is 7.84. The van der Waals surface area contributed by atoms with Crippen LogP contribution in [0.3, 0.4) is 0 Å². The van der Waals surface area contributed by atoms with Crippen molar-refractivity contribution in [3.63, 3.8) is 0 Å². The minimum atomic E-state index is -0.374. The van der Waals surface area contributed by atoms with E-state index in [1.54, 1.807) is 14.1 Å². The number of thiol groups is 1. The van der Waals surface area contributed by atoms with Gasteiger partial charge in [-0.05, 0) is 12.1 Å². The van der Waals surface area contributed by atoms with Crippen molar-refractivity contribution in [2.24, 2.45) is 0 Å². The van der Waals surface area contributed by atoms with Crippen molar-refractivity contribution in [2.75, 3.05) is 19.4 Å². The van der Waals surface area contributed by atoms with Crippen LogP contribution >= 0.6 is 12.6 Å². The summed E-state index contributed by atoms with van der Waals surface area (Å²) in [7, 11) is 3.17. The third kappa shape index (κ3) is 3.54. The zero-order chi connectivity index (χ0) is 12.8. The zero-order valence-corrected chi connectivity index (χ0v) is 10.5. The number of benzene rings is 1. The number of likely N-dealkylation sites (N-methyl/N-ethyl adjacent to an activating group) is 1. The van der Waals surface area contributed by atoms with E-state index in [1.807, 2.05) is 36.4 Å². The molecule has 1 aromatic rings. The first-order valence-electron chi connectivity index (χ1n) is 4.93. The van der Waals surface area contributed by atoms with Crippen LogP contribution in [0, 0.1) is 11.3 Å². The standard InChI is InChI=1S/C12H13N3OS/c1-15(2)12(16)10(8-13)11(17)14-9-6-4-3-5-7-9/h3-7,14,17H,1-2H3/b11-10+. The van der Waals surface area contributed by atoms with E-state index in [2.05, 4.69) is 17.9 Å². The normalized spacial score (nSPS) is 11.2. The molecule has 0 spiro atoms. The van der Waals surface area contributed by atoms with Gasteiger partial charge in [-0.2, -0.15) is 5.26 Å². The molecular weight excluding hydrogens is 234 g/mol. The van der Waals surface area contributed by atoms with Crippen molar-refractivity contribution in [2.45, 2.75) is 0 Å². The van der Waals surface area contributed by atoms with Crippen LogP contribution in [0.1, 0.15) is 0 Å². The van der Waals surface area contributed by atoms with Gasteiger partial charge in [0.25, 0.3) is 5.91 Å². The quantitative estimate of drug-likeness (QED) is 0.487. The molecule has 0 atom stereocenters. The molecule has 0 fully saturated rings. The SMILES string of the molecule is CN(C)C(=O)/C(C#N)=C(/S)Nc1ccccc1. The number of nitrogens with one attached hydrogen (secondary N) is 1. The number of rotatable bonds is 3. The van der Waals surface area contributed by atoms with Gasteiger partial charge in [0.2, 0.25) is 0 Å². The van der Waals surface area contributed by atoms with Crippen LogP contribution in [0.5, 0.6) is 0 Å². The van der Waals surface area contributed by atoms with Gasteiger partial charge in [-0.25, -0.2) is 0 Å². The fourth-order valence-electron chi connectivity index (χ4n) is 1.15. The van der Waals surface area contributed by atoms with E-state index in [0.29, 0.717) is 0 Å². The Morgan fingerprint density at radius 2 is 1.94 bits per heavy atom. The lowest BCUT2D eigenvalue weighted by Gasteiger charge is -2.12. The lowest BCUT2D eigenvalue weighted by molar-refractivity contribution is -0.124. The molecule has 17 heavy (non-hydrogen) atoms. The van der Waals surface area contributed by atoms with Crippen molar-refractivity contribution < 1.29 is 4.79 Å². The van der Waals surface area contributed by atoms with Gasteiger partial charge in [-0.3, -0.25) is 4.79 Å². The summed E-state index contributed by atoms with van der Waals surface area (Å²) in [6, 6.07) is 11.1. The highest BCUT2D eigenvalue weighted by Crippen LogP contribution is 2.15. The first kappa shape index (κ1) is 13.1. The van der Waals surface area contributed by atoms with Crippen LogP contribution in [0.4, 0.5) is 5.69 Å². The van der Waals surface area contributed by atoms with Gasteiger partial charge in [-0.15, -0.1) is 12.6 Å². The Morgan fingerprint density at radius 1 is 1.35 bits per heavy atom. The fourth-order valence-corrected chi connectivity index (χ4v) is 1.42. The smallest absolute Gasteiger partial charge is 0.266 e. The van der Waals surface area contributed by atoms with Gasteiger partial charge in [0.1, 0.15) is 11.6 Å². The summed E-state index contributed by atoms with van der Waals surface area (Å²) in [5.74, 6) is -0.374. The molecule has 0 saturated heterocycles. The van der Waals surface area contributed by atoms with Crippen LogP contribution < -0.4 is 5.32 Å². The third-order valence-corrected chi connectivity index (χ3v) is 2.34. The average Bonchev–Trinajstić information content (AvgIpc) is 2.30. The largest absolute Gasteiger partial charge is 0.349 e. The predicted molar refractivity (Wildman–Crippen MR) is 70.4 cm³/mol. The second-order valence-corrected chi connectivity index (χ2v) is 3.97. The van der Waals surface area contributed by atoms with E-state index in [4.69, 9.17) is 5.26 Å².